The van der Waals surface area contributed by atoms with E-state index in [0.29, 0.717) is 3.42 Å². The summed E-state index contributed by atoms with van der Waals surface area (Å²) in [6, 6.07) is 20.1. The highest BCUT2D eigenvalue weighted by Gasteiger charge is 2.52. The summed E-state index contributed by atoms with van der Waals surface area (Å²) in [5.74, 6) is 0.840. The second kappa shape index (κ2) is 4.45. The molecule has 1 aliphatic carbocycles. The Labute approximate surface area is 133 Å². The SMILES string of the molecule is CCC1CC1(I)c1cccc2ccc3ccccc3c12. The summed E-state index contributed by atoms with van der Waals surface area (Å²) in [7, 11) is 0. The predicted molar refractivity (Wildman–Crippen MR) is 95.6 cm³/mol. The van der Waals surface area contributed by atoms with Gasteiger partial charge in [-0.25, -0.2) is 0 Å². The third-order valence-corrected chi connectivity index (χ3v) is 6.64. The van der Waals surface area contributed by atoms with Gasteiger partial charge in [0.25, 0.3) is 0 Å². The number of benzene rings is 3. The molecule has 0 heterocycles. The Bertz CT molecular complexity index is 805. The molecule has 0 spiro atoms. The highest BCUT2D eigenvalue weighted by atomic mass is 127. The molecule has 100 valence electrons. The largest absolute Gasteiger partial charge is 0.0733 e. The zero-order valence-electron chi connectivity index (χ0n) is 11.6. The van der Waals surface area contributed by atoms with Crippen molar-refractivity contribution in [1.29, 1.82) is 0 Å². The normalized spacial score (nSPS) is 25.2. The summed E-state index contributed by atoms with van der Waals surface area (Å²) in [5, 5.41) is 5.59. The zero-order valence-corrected chi connectivity index (χ0v) is 13.7. The molecule has 0 nitrogen and oxygen atoms in total. The maximum Gasteiger partial charge on any atom is 0.0508 e. The third kappa shape index (κ3) is 1.72. The van der Waals surface area contributed by atoms with E-state index in [1.807, 2.05) is 0 Å². The van der Waals surface area contributed by atoms with Gasteiger partial charge in [0.1, 0.15) is 0 Å². The summed E-state index contributed by atoms with van der Waals surface area (Å²) in [4.78, 5) is 0. The van der Waals surface area contributed by atoms with E-state index < -0.39 is 0 Å². The Hall–Kier alpha value is -1.09. The molecule has 0 aromatic heterocycles. The minimum Gasteiger partial charge on any atom is -0.0733 e. The first-order chi connectivity index (χ1) is 9.74. The molecule has 1 heteroatoms. The van der Waals surface area contributed by atoms with Gasteiger partial charge in [0.05, 0.1) is 3.42 Å². The van der Waals surface area contributed by atoms with Crippen molar-refractivity contribution >= 4 is 44.1 Å². The Morgan fingerprint density at radius 1 is 1.00 bits per heavy atom. The molecule has 4 rings (SSSR count). The van der Waals surface area contributed by atoms with Crippen molar-refractivity contribution in [3.05, 3.63) is 60.2 Å². The van der Waals surface area contributed by atoms with Gasteiger partial charge in [0, 0.05) is 0 Å². The van der Waals surface area contributed by atoms with Crippen LogP contribution in [-0.2, 0) is 3.42 Å². The van der Waals surface area contributed by atoms with Gasteiger partial charge < -0.3 is 0 Å². The fourth-order valence-corrected chi connectivity index (χ4v) is 4.92. The molecule has 20 heavy (non-hydrogen) atoms. The molecule has 0 saturated heterocycles. The van der Waals surface area contributed by atoms with Gasteiger partial charge in [0.15, 0.2) is 0 Å². The average Bonchev–Trinajstić information content (AvgIpc) is 3.18. The number of fused-ring (bicyclic) bond motifs is 3. The first-order valence-electron chi connectivity index (χ1n) is 7.34. The van der Waals surface area contributed by atoms with E-state index >= 15 is 0 Å². The quantitative estimate of drug-likeness (QED) is 0.292. The van der Waals surface area contributed by atoms with Crippen molar-refractivity contribution in [1.82, 2.24) is 0 Å². The van der Waals surface area contributed by atoms with Crippen molar-refractivity contribution in [2.45, 2.75) is 23.2 Å². The third-order valence-electron chi connectivity index (χ3n) is 4.74. The highest BCUT2D eigenvalue weighted by molar-refractivity contribution is 14.1. The van der Waals surface area contributed by atoms with Gasteiger partial charge >= 0.3 is 0 Å². The van der Waals surface area contributed by atoms with Crippen LogP contribution in [-0.4, -0.2) is 0 Å². The number of alkyl halides is 1. The van der Waals surface area contributed by atoms with Gasteiger partial charge in [-0.2, -0.15) is 0 Å². The van der Waals surface area contributed by atoms with Crippen LogP contribution in [0, 0.1) is 5.92 Å². The summed E-state index contributed by atoms with van der Waals surface area (Å²) >= 11 is 2.70. The van der Waals surface area contributed by atoms with Gasteiger partial charge in [-0.1, -0.05) is 90.5 Å². The average molecular weight is 372 g/mol. The van der Waals surface area contributed by atoms with Crippen LogP contribution in [0.2, 0.25) is 0 Å². The smallest absolute Gasteiger partial charge is 0.0508 e. The molecule has 2 unspecified atom stereocenters. The summed E-state index contributed by atoms with van der Waals surface area (Å²) in [6.45, 7) is 2.31. The maximum absolute atomic E-state index is 2.70. The lowest BCUT2D eigenvalue weighted by Gasteiger charge is -2.15. The first-order valence-corrected chi connectivity index (χ1v) is 8.42. The van der Waals surface area contributed by atoms with Gasteiger partial charge in [-0.05, 0) is 39.4 Å². The zero-order chi connectivity index (χ0) is 13.7. The second-order valence-electron chi connectivity index (χ2n) is 5.86. The van der Waals surface area contributed by atoms with E-state index in [1.54, 1.807) is 5.56 Å². The molecule has 3 aromatic rings. The van der Waals surface area contributed by atoms with Crippen LogP contribution in [0.25, 0.3) is 21.5 Å². The van der Waals surface area contributed by atoms with Crippen molar-refractivity contribution in [3.8, 4) is 0 Å². The molecule has 3 aromatic carbocycles. The predicted octanol–water partition coefficient (Wildman–Crippen LogP) is 6.05. The maximum atomic E-state index is 2.70. The molecule has 2 atom stereocenters. The van der Waals surface area contributed by atoms with E-state index in [1.165, 1.54) is 34.4 Å². The second-order valence-corrected chi connectivity index (χ2v) is 7.79. The van der Waals surface area contributed by atoms with E-state index in [4.69, 9.17) is 0 Å². The topological polar surface area (TPSA) is 0 Å². The first kappa shape index (κ1) is 12.6. The molecular formula is C19H17I. The molecule has 1 fully saturated rings. The lowest BCUT2D eigenvalue weighted by Crippen LogP contribution is -2.01. The van der Waals surface area contributed by atoms with Crippen LogP contribution >= 0.6 is 22.6 Å². The Balaban J connectivity index is 2.09. The minimum atomic E-state index is 0.357. The number of rotatable bonds is 2. The van der Waals surface area contributed by atoms with Gasteiger partial charge in [-0.3, -0.25) is 0 Å². The van der Waals surface area contributed by atoms with Crippen LogP contribution in [0.5, 0.6) is 0 Å². The van der Waals surface area contributed by atoms with Crippen molar-refractivity contribution < 1.29 is 0 Å². The lowest BCUT2D eigenvalue weighted by atomic mass is 9.94. The van der Waals surface area contributed by atoms with Gasteiger partial charge in [0.2, 0.25) is 0 Å². The Kier molecular flexibility index (Phi) is 2.81. The summed E-state index contributed by atoms with van der Waals surface area (Å²) in [6.07, 6.45) is 2.61. The molecule has 1 saturated carbocycles. The van der Waals surface area contributed by atoms with Gasteiger partial charge in [-0.15, -0.1) is 0 Å². The fraction of sp³-hybridized carbons (Fsp3) is 0.263. The van der Waals surface area contributed by atoms with E-state index in [0.717, 1.165) is 5.92 Å². The summed E-state index contributed by atoms with van der Waals surface area (Å²) in [5.41, 5.74) is 1.54. The molecular weight excluding hydrogens is 355 g/mol. The van der Waals surface area contributed by atoms with Crippen LogP contribution in [0.15, 0.2) is 54.6 Å². The van der Waals surface area contributed by atoms with Crippen LogP contribution < -0.4 is 0 Å². The molecule has 0 aliphatic heterocycles. The molecule has 0 radical (unpaired) electrons. The monoisotopic (exact) mass is 372 g/mol. The molecule has 1 aliphatic rings. The molecule has 0 amide bonds. The minimum absolute atomic E-state index is 0.357. The van der Waals surface area contributed by atoms with Crippen molar-refractivity contribution in [2.75, 3.05) is 0 Å². The number of hydrogen-bond donors (Lipinski definition) is 0. The Morgan fingerprint density at radius 3 is 2.55 bits per heavy atom. The standard InChI is InChI=1S/C19H17I/c1-2-15-12-19(15,20)17-9-5-7-14-11-10-13-6-3-4-8-16(13)18(14)17/h3-11,15H,2,12H2,1H3. The van der Waals surface area contributed by atoms with Crippen molar-refractivity contribution in [2.24, 2.45) is 5.92 Å². The van der Waals surface area contributed by atoms with Crippen molar-refractivity contribution in [3.63, 3.8) is 0 Å². The van der Waals surface area contributed by atoms with Crippen LogP contribution in [0.3, 0.4) is 0 Å². The van der Waals surface area contributed by atoms with Crippen LogP contribution in [0.4, 0.5) is 0 Å². The fourth-order valence-electron chi connectivity index (χ4n) is 3.50. The summed E-state index contributed by atoms with van der Waals surface area (Å²) < 4.78 is 0.357. The molecule has 0 bridgehead atoms. The number of hydrogen-bond acceptors (Lipinski definition) is 0. The number of halogens is 1. The Morgan fingerprint density at radius 2 is 1.75 bits per heavy atom. The van der Waals surface area contributed by atoms with Crippen LogP contribution in [0.1, 0.15) is 25.3 Å². The molecule has 0 N–H and O–H groups in total. The lowest BCUT2D eigenvalue weighted by molar-refractivity contribution is 0.758. The highest BCUT2D eigenvalue weighted by Crippen LogP contribution is 2.62. The van der Waals surface area contributed by atoms with E-state index in [2.05, 4.69) is 84.1 Å². The van der Waals surface area contributed by atoms with E-state index in [9.17, 15) is 0 Å². The van der Waals surface area contributed by atoms with E-state index in [-0.39, 0.29) is 0 Å².